The minimum atomic E-state index is -0.139. The lowest BCUT2D eigenvalue weighted by Gasteiger charge is -2.47. The van der Waals surface area contributed by atoms with E-state index in [1.807, 2.05) is 6.07 Å². The van der Waals surface area contributed by atoms with Gasteiger partial charge in [-0.05, 0) is 42.9 Å². The molecule has 24 heavy (non-hydrogen) atoms. The van der Waals surface area contributed by atoms with Crippen LogP contribution >= 0.6 is 11.8 Å². The summed E-state index contributed by atoms with van der Waals surface area (Å²) in [6.45, 7) is 5.75. The van der Waals surface area contributed by atoms with Gasteiger partial charge in [-0.2, -0.15) is 0 Å². The van der Waals surface area contributed by atoms with Crippen molar-refractivity contribution in [3.63, 3.8) is 0 Å². The van der Waals surface area contributed by atoms with Crippen LogP contribution in [0, 0.1) is 11.7 Å². The first-order valence-corrected chi connectivity index (χ1v) is 9.99. The van der Waals surface area contributed by atoms with Crippen LogP contribution in [0.5, 0.6) is 0 Å². The van der Waals surface area contributed by atoms with Crippen molar-refractivity contribution in [3.8, 4) is 0 Å². The summed E-state index contributed by atoms with van der Waals surface area (Å²) in [7, 11) is 0. The average molecular weight is 351 g/mol. The van der Waals surface area contributed by atoms with E-state index in [0.29, 0.717) is 16.8 Å². The first-order chi connectivity index (χ1) is 11.7. The Morgan fingerprint density at radius 1 is 1.29 bits per heavy atom. The molecule has 3 saturated heterocycles. The van der Waals surface area contributed by atoms with E-state index in [2.05, 4.69) is 16.7 Å². The molecule has 3 nitrogen and oxygen atoms in total. The summed E-state index contributed by atoms with van der Waals surface area (Å²) in [5.41, 5.74) is 1.07. The number of thioether (sulfide) groups is 1. The van der Waals surface area contributed by atoms with Gasteiger partial charge in [-0.25, -0.2) is 4.39 Å². The Morgan fingerprint density at radius 3 is 2.92 bits per heavy atom. The molecule has 0 N–H and O–H groups in total. The number of nitrogens with zero attached hydrogens (tertiary/aromatic N) is 1. The monoisotopic (exact) mass is 351 g/mol. The fourth-order valence-corrected chi connectivity index (χ4v) is 5.69. The number of rotatable bonds is 5. The normalized spacial score (nSPS) is 27.5. The van der Waals surface area contributed by atoms with Gasteiger partial charge in [0.2, 0.25) is 0 Å². The minimum Gasteiger partial charge on any atom is -0.381 e. The molecule has 3 fully saturated rings. The lowest BCUT2D eigenvalue weighted by Crippen LogP contribution is -2.58. The molecule has 0 unspecified atom stereocenters. The lowest BCUT2D eigenvalue weighted by molar-refractivity contribution is -0.0133. The van der Waals surface area contributed by atoms with Gasteiger partial charge in [-0.3, -0.25) is 4.90 Å². The summed E-state index contributed by atoms with van der Waals surface area (Å²) >= 11 is 2.08. The third kappa shape index (κ3) is 3.96. The predicted octanol–water partition coefficient (Wildman–Crippen LogP) is 3.33. The topological polar surface area (TPSA) is 21.7 Å². The standard InChI is InChI=1S/C19H26FNO2S/c20-17-3-1-2-16(8-17)10-21-13-19(14-21)9-18(12-24-19)23-11-15-4-6-22-7-5-15/h1-3,8,15,18H,4-7,9-14H2/t18-/m0/s1. The minimum absolute atomic E-state index is 0.139. The maximum Gasteiger partial charge on any atom is 0.123 e. The van der Waals surface area contributed by atoms with Gasteiger partial charge in [-0.15, -0.1) is 11.8 Å². The summed E-state index contributed by atoms with van der Waals surface area (Å²) in [4.78, 5) is 2.42. The summed E-state index contributed by atoms with van der Waals surface area (Å²) in [6, 6.07) is 6.96. The fourth-order valence-electron chi connectivity index (χ4n) is 4.09. The molecule has 0 amide bonds. The first kappa shape index (κ1) is 16.8. The second kappa shape index (κ2) is 7.32. The molecule has 5 heteroatoms. The first-order valence-electron chi connectivity index (χ1n) is 9.01. The molecular formula is C19H26FNO2S. The molecule has 3 aliphatic rings. The Hall–Kier alpha value is -0.620. The molecule has 132 valence electrons. The van der Waals surface area contributed by atoms with E-state index in [0.717, 1.165) is 63.6 Å². The number of benzene rings is 1. The highest BCUT2D eigenvalue weighted by molar-refractivity contribution is 8.01. The van der Waals surface area contributed by atoms with E-state index < -0.39 is 0 Å². The number of hydrogen-bond acceptors (Lipinski definition) is 4. The number of likely N-dealkylation sites (tertiary alicyclic amines) is 1. The Labute approximate surface area is 147 Å². The molecule has 1 atom stereocenters. The van der Waals surface area contributed by atoms with Gasteiger partial charge >= 0.3 is 0 Å². The summed E-state index contributed by atoms with van der Waals surface area (Å²) in [6.07, 6.45) is 3.87. The second-order valence-corrected chi connectivity index (χ2v) is 8.97. The molecule has 1 aromatic carbocycles. The molecule has 3 aliphatic heterocycles. The highest BCUT2D eigenvalue weighted by Crippen LogP contribution is 2.46. The van der Waals surface area contributed by atoms with E-state index in [1.165, 1.54) is 12.5 Å². The van der Waals surface area contributed by atoms with Crippen molar-refractivity contribution in [2.45, 2.75) is 36.7 Å². The molecule has 0 aliphatic carbocycles. The van der Waals surface area contributed by atoms with Crippen LogP contribution in [0.1, 0.15) is 24.8 Å². The maximum atomic E-state index is 13.3. The van der Waals surface area contributed by atoms with Gasteiger partial charge < -0.3 is 9.47 Å². The quantitative estimate of drug-likeness (QED) is 0.811. The molecule has 0 radical (unpaired) electrons. The zero-order valence-electron chi connectivity index (χ0n) is 14.1. The summed E-state index contributed by atoms with van der Waals surface area (Å²) in [5.74, 6) is 1.67. The highest BCUT2D eigenvalue weighted by Gasteiger charge is 2.49. The van der Waals surface area contributed by atoms with E-state index in [9.17, 15) is 4.39 Å². The lowest BCUT2D eigenvalue weighted by atomic mass is 9.92. The molecule has 0 saturated carbocycles. The Balaban J connectivity index is 1.20. The largest absolute Gasteiger partial charge is 0.381 e. The van der Waals surface area contributed by atoms with Crippen molar-refractivity contribution in [2.75, 3.05) is 38.7 Å². The smallest absolute Gasteiger partial charge is 0.123 e. The van der Waals surface area contributed by atoms with Gasteiger partial charge in [0.05, 0.1) is 6.10 Å². The third-order valence-electron chi connectivity index (χ3n) is 5.40. The van der Waals surface area contributed by atoms with Crippen LogP contribution in [0.2, 0.25) is 0 Å². The van der Waals surface area contributed by atoms with Gasteiger partial charge in [-0.1, -0.05) is 12.1 Å². The fraction of sp³-hybridized carbons (Fsp3) is 0.684. The summed E-state index contributed by atoms with van der Waals surface area (Å²) in [5, 5.41) is 0. The zero-order chi connectivity index (χ0) is 16.4. The van der Waals surface area contributed by atoms with Crippen molar-refractivity contribution in [1.29, 1.82) is 0 Å². The zero-order valence-corrected chi connectivity index (χ0v) is 14.9. The molecular weight excluding hydrogens is 325 g/mol. The van der Waals surface area contributed by atoms with Crippen molar-refractivity contribution in [2.24, 2.45) is 5.92 Å². The van der Waals surface area contributed by atoms with Gasteiger partial charge in [0.1, 0.15) is 5.82 Å². The summed E-state index contributed by atoms with van der Waals surface area (Å²) < 4.78 is 25.3. The van der Waals surface area contributed by atoms with Crippen LogP contribution in [0.4, 0.5) is 4.39 Å². The predicted molar refractivity (Wildman–Crippen MR) is 94.8 cm³/mol. The van der Waals surface area contributed by atoms with E-state index in [-0.39, 0.29) is 5.82 Å². The number of hydrogen-bond donors (Lipinski definition) is 0. The van der Waals surface area contributed by atoms with Gasteiger partial charge in [0.15, 0.2) is 0 Å². The molecule has 1 spiro atoms. The SMILES string of the molecule is Fc1cccc(CN2CC3(C[C@H](OCC4CCOCC4)CS3)C2)c1. The highest BCUT2D eigenvalue weighted by atomic mass is 32.2. The van der Waals surface area contributed by atoms with E-state index in [4.69, 9.17) is 9.47 Å². The molecule has 4 rings (SSSR count). The van der Waals surface area contributed by atoms with Crippen LogP contribution in [0.15, 0.2) is 24.3 Å². The number of halogens is 1. The van der Waals surface area contributed by atoms with Crippen molar-refractivity contribution < 1.29 is 13.9 Å². The third-order valence-corrected chi connectivity index (χ3v) is 6.98. The van der Waals surface area contributed by atoms with Crippen molar-refractivity contribution >= 4 is 11.8 Å². The van der Waals surface area contributed by atoms with Crippen LogP contribution in [-0.2, 0) is 16.0 Å². The Bertz CT molecular complexity index is 558. The van der Waals surface area contributed by atoms with Crippen LogP contribution in [0.25, 0.3) is 0 Å². The Kier molecular flexibility index (Phi) is 5.13. The molecule has 0 bridgehead atoms. The average Bonchev–Trinajstić information content (AvgIpc) is 2.98. The molecule has 1 aromatic rings. The van der Waals surface area contributed by atoms with E-state index >= 15 is 0 Å². The van der Waals surface area contributed by atoms with E-state index in [1.54, 1.807) is 12.1 Å². The van der Waals surface area contributed by atoms with Gasteiger partial charge in [0.25, 0.3) is 0 Å². The Morgan fingerprint density at radius 2 is 2.12 bits per heavy atom. The second-order valence-electron chi connectivity index (χ2n) is 7.48. The van der Waals surface area contributed by atoms with Crippen LogP contribution in [0.3, 0.4) is 0 Å². The molecule has 0 aromatic heterocycles. The van der Waals surface area contributed by atoms with Crippen molar-refractivity contribution in [3.05, 3.63) is 35.6 Å². The van der Waals surface area contributed by atoms with Crippen LogP contribution in [-0.4, -0.2) is 54.4 Å². The maximum absolute atomic E-state index is 13.3. The number of ether oxygens (including phenoxy) is 2. The van der Waals surface area contributed by atoms with Crippen LogP contribution < -0.4 is 0 Å². The van der Waals surface area contributed by atoms with Gasteiger partial charge in [0, 0.05) is 50.0 Å². The molecule has 3 heterocycles. The van der Waals surface area contributed by atoms with Crippen molar-refractivity contribution in [1.82, 2.24) is 4.90 Å².